The summed E-state index contributed by atoms with van der Waals surface area (Å²) in [5.41, 5.74) is -1.02. The second-order valence-electron chi connectivity index (χ2n) is 15.5. The van der Waals surface area contributed by atoms with Crippen LogP contribution >= 0.6 is 0 Å². The van der Waals surface area contributed by atoms with Crippen LogP contribution in [0, 0.1) is 11.2 Å². The highest BCUT2D eigenvalue weighted by Gasteiger charge is 2.47. The highest BCUT2D eigenvalue weighted by atomic mass is 32.2. The van der Waals surface area contributed by atoms with E-state index in [9.17, 15) is 18.0 Å². The summed E-state index contributed by atoms with van der Waals surface area (Å²) in [6.07, 6.45) is 5.50. The lowest BCUT2D eigenvalue weighted by Gasteiger charge is -2.39. The first-order valence-corrected chi connectivity index (χ1v) is 18.5. The van der Waals surface area contributed by atoms with Gasteiger partial charge in [0.05, 0.1) is 10.7 Å². The van der Waals surface area contributed by atoms with Gasteiger partial charge in [0.15, 0.2) is 0 Å². The SMILES string of the molecule is CC1(C)CNC[C@](F)(C(=O)N[C@@H]2CC[C@@H](Oc3ccc(C(C)(C)C(=O)NS(=O)(=O)C4CC4)cc3-c3cccc(F)c3C3CCC3)C2)C1. The first-order chi connectivity index (χ1) is 22.1. The minimum absolute atomic E-state index is 0.0114. The fourth-order valence-corrected chi connectivity index (χ4v) is 8.72. The summed E-state index contributed by atoms with van der Waals surface area (Å²) in [6, 6.07) is 10.1. The molecular formula is C36H47F2N3O5S. The normalized spacial score (nSPS) is 26.3. The van der Waals surface area contributed by atoms with Gasteiger partial charge >= 0.3 is 0 Å². The maximum absolute atomic E-state index is 15.7. The van der Waals surface area contributed by atoms with Gasteiger partial charge in [-0.25, -0.2) is 17.2 Å². The van der Waals surface area contributed by atoms with Crippen LogP contribution < -0.4 is 20.1 Å². The molecule has 4 fully saturated rings. The van der Waals surface area contributed by atoms with E-state index in [0.29, 0.717) is 66.7 Å². The van der Waals surface area contributed by atoms with E-state index in [4.69, 9.17) is 4.74 Å². The van der Waals surface area contributed by atoms with Gasteiger partial charge < -0.3 is 15.4 Å². The summed E-state index contributed by atoms with van der Waals surface area (Å²) in [4.78, 5) is 26.4. The molecule has 3 saturated carbocycles. The predicted molar refractivity (Wildman–Crippen MR) is 177 cm³/mol. The zero-order chi connectivity index (χ0) is 33.8. The van der Waals surface area contributed by atoms with Crippen LogP contribution in [0.15, 0.2) is 36.4 Å². The molecule has 1 heterocycles. The number of halogens is 2. The van der Waals surface area contributed by atoms with Crippen LogP contribution in [-0.2, 0) is 25.0 Å². The minimum atomic E-state index is -3.74. The molecule has 1 saturated heterocycles. The molecule has 3 N–H and O–H groups in total. The molecule has 4 aliphatic rings. The average Bonchev–Trinajstić information content (AvgIpc) is 3.74. The Hall–Kier alpha value is -3.05. The van der Waals surface area contributed by atoms with Gasteiger partial charge in [0, 0.05) is 31.1 Å². The Labute approximate surface area is 276 Å². The number of ether oxygens (including phenoxy) is 1. The summed E-state index contributed by atoms with van der Waals surface area (Å²) in [5.74, 6) is -0.929. The molecule has 2 aromatic carbocycles. The Morgan fingerprint density at radius 3 is 2.40 bits per heavy atom. The molecule has 2 aromatic rings. The third kappa shape index (κ3) is 7.07. The second kappa shape index (κ2) is 12.4. The Kier molecular flexibility index (Phi) is 8.96. The summed E-state index contributed by atoms with van der Waals surface area (Å²) < 4.78 is 65.2. The number of nitrogens with one attached hydrogen (secondary N) is 3. The Balaban J connectivity index is 1.26. The van der Waals surface area contributed by atoms with Crippen molar-refractivity contribution in [1.29, 1.82) is 0 Å². The van der Waals surface area contributed by atoms with E-state index in [-0.39, 0.29) is 42.3 Å². The molecule has 0 aromatic heterocycles. The lowest BCUT2D eigenvalue weighted by atomic mass is 9.76. The molecular weight excluding hydrogens is 624 g/mol. The van der Waals surface area contributed by atoms with Crippen LogP contribution in [-0.4, -0.2) is 56.4 Å². The molecule has 256 valence electrons. The largest absolute Gasteiger partial charge is 0.490 e. The Bertz CT molecular complexity index is 1650. The number of carbonyl (C=O) groups excluding carboxylic acids is 2. The van der Waals surface area contributed by atoms with E-state index in [2.05, 4.69) is 15.4 Å². The van der Waals surface area contributed by atoms with Crippen LogP contribution in [0.4, 0.5) is 8.78 Å². The van der Waals surface area contributed by atoms with Gasteiger partial charge in [0.2, 0.25) is 21.6 Å². The van der Waals surface area contributed by atoms with Crippen LogP contribution in [0.5, 0.6) is 5.75 Å². The Morgan fingerprint density at radius 2 is 1.74 bits per heavy atom. The maximum Gasteiger partial charge on any atom is 0.259 e. The topological polar surface area (TPSA) is 114 Å². The maximum atomic E-state index is 15.7. The molecule has 0 spiro atoms. The second-order valence-corrected chi connectivity index (χ2v) is 17.4. The molecule has 3 atom stereocenters. The van der Waals surface area contributed by atoms with Crippen molar-refractivity contribution in [2.24, 2.45) is 5.41 Å². The standard InChI is InChI=1S/C36H47F2N3O5S/c1-34(2)19-36(38,21-39-20-34)33(43)40-24-12-13-25(18-24)46-30-16-11-23(35(3,4)32(42)41-47(44,45)26-14-15-26)17-28(30)27-9-6-10-29(37)31(27)22-7-5-8-22/h6,9-11,16-17,22,24-26,39H,5,7-8,12-15,18-21H2,1-4H3,(H,40,43)(H,41,42)/t24-,25-,36+/m1/s1. The van der Waals surface area contributed by atoms with Crippen molar-refractivity contribution < 1.29 is 31.5 Å². The average molecular weight is 672 g/mol. The van der Waals surface area contributed by atoms with E-state index >= 15 is 8.78 Å². The van der Waals surface area contributed by atoms with E-state index in [1.165, 1.54) is 6.07 Å². The van der Waals surface area contributed by atoms with Gasteiger partial charge in [0.25, 0.3) is 5.91 Å². The molecule has 2 amide bonds. The molecule has 0 bridgehead atoms. The lowest BCUT2D eigenvalue weighted by molar-refractivity contribution is -0.137. The van der Waals surface area contributed by atoms with Crippen molar-refractivity contribution in [3.05, 3.63) is 53.3 Å². The fourth-order valence-electron chi connectivity index (χ4n) is 7.28. The molecule has 47 heavy (non-hydrogen) atoms. The van der Waals surface area contributed by atoms with E-state index in [1.54, 1.807) is 32.0 Å². The first kappa shape index (κ1) is 33.8. The molecule has 0 unspecified atom stereocenters. The van der Waals surface area contributed by atoms with Gasteiger partial charge in [-0.15, -0.1) is 0 Å². The molecule has 11 heteroatoms. The number of rotatable bonds is 10. The number of sulfonamides is 1. The van der Waals surface area contributed by atoms with Gasteiger partial charge in [-0.2, -0.15) is 0 Å². The first-order valence-electron chi connectivity index (χ1n) is 16.9. The molecule has 0 radical (unpaired) electrons. The van der Waals surface area contributed by atoms with Crippen molar-refractivity contribution in [3.63, 3.8) is 0 Å². The summed E-state index contributed by atoms with van der Waals surface area (Å²) in [6.45, 7) is 7.88. The zero-order valence-corrected chi connectivity index (χ0v) is 28.6. The smallest absolute Gasteiger partial charge is 0.259 e. The third-order valence-electron chi connectivity index (χ3n) is 10.5. The number of alkyl halides is 1. The van der Waals surface area contributed by atoms with Crippen molar-refractivity contribution in [3.8, 4) is 16.9 Å². The number of amides is 2. The number of piperidine rings is 1. The monoisotopic (exact) mass is 671 g/mol. The molecule has 8 nitrogen and oxygen atoms in total. The van der Waals surface area contributed by atoms with Crippen molar-refractivity contribution in [1.82, 2.24) is 15.4 Å². The van der Waals surface area contributed by atoms with Crippen LogP contribution in [0.1, 0.15) is 103 Å². The number of hydrogen-bond donors (Lipinski definition) is 3. The highest BCUT2D eigenvalue weighted by Crippen LogP contribution is 2.46. The van der Waals surface area contributed by atoms with Crippen LogP contribution in [0.2, 0.25) is 0 Å². The van der Waals surface area contributed by atoms with Crippen LogP contribution in [0.25, 0.3) is 11.1 Å². The third-order valence-corrected chi connectivity index (χ3v) is 12.3. The number of hydrogen-bond acceptors (Lipinski definition) is 6. The summed E-state index contributed by atoms with van der Waals surface area (Å²) in [7, 11) is -3.74. The molecule has 3 aliphatic carbocycles. The van der Waals surface area contributed by atoms with Crippen molar-refractivity contribution in [2.75, 3.05) is 13.1 Å². The van der Waals surface area contributed by atoms with E-state index in [0.717, 1.165) is 19.3 Å². The van der Waals surface area contributed by atoms with Gasteiger partial charge in [-0.05, 0) is 105 Å². The number of carbonyl (C=O) groups is 2. The van der Waals surface area contributed by atoms with Crippen LogP contribution in [0.3, 0.4) is 0 Å². The van der Waals surface area contributed by atoms with Crippen molar-refractivity contribution in [2.45, 2.75) is 120 Å². The summed E-state index contributed by atoms with van der Waals surface area (Å²) >= 11 is 0. The summed E-state index contributed by atoms with van der Waals surface area (Å²) in [5, 5.41) is 5.45. The van der Waals surface area contributed by atoms with Gasteiger partial charge in [-0.1, -0.05) is 38.5 Å². The number of benzene rings is 2. The molecule has 6 rings (SSSR count). The van der Waals surface area contributed by atoms with E-state index < -0.39 is 38.2 Å². The zero-order valence-electron chi connectivity index (χ0n) is 27.8. The predicted octanol–water partition coefficient (Wildman–Crippen LogP) is 5.79. The van der Waals surface area contributed by atoms with Crippen molar-refractivity contribution >= 4 is 21.8 Å². The minimum Gasteiger partial charge on any atom is -0.490 e. The molecule has 1 aliphatic heterocycles. The van der Waals surface area contributed by atoms with Gasteiger partial charge in [0.1, 0.15) is 17.7 Å². The van der Waals surface area contributed by atoms with E-state index in [1.807, 2.05) is 26.0 Å². The highest BCUT2D eigenvalue weighted by molar-refractivity contribution is 7.90. The lowest BCUT2D eigenvalue weighted by Crippen LogP contribution is -2.59. The Morgan fingerprint density at radius 1 is 1.00 bits per heavy atom. The quantitative estimate of drug-likeness (QED) is 0.295. The fraction of sp³-hybridized carbons (Fsp3) is 0.611. The van der Waals surface area contributed by atoms with Gasteiger partial charge in [-0.3, -0.25) is 14.3 Å².